The van der Waals surface area contributed by atoms with Crippen LogP contribution in [-0.2, 0) is 9.59 Å². The van der Waals surface area contributed by atoms with Crippen molar-refractivity contribution >= 4 is 23.2 Å². The number of ether oxygens (including phenoxy) is 2. The Labute approximate surface area is 152 Å². The molecular weight excluding hydrogens is 332 g/mol. The van der Waals surface area contributed by atoms with Crippen LogP contribution in [0.3, 0.4) is 0 Å². The van der Waals surface area contributed by atoms with E-state index in [4.69, 9.17) is 9.47 Å². The Bertz CT molecular complexity index is 848. The first-order valence-electron chi connectivity index (χ1n) is 8.49. The van der Waals surface area contributed by atoms with Crippen LogP contribution in [0.1, 0.15) is 18.1 Å². The number of nitrogens with one attached hydrogen (secondary N) is 1. The average molecular weight is 354 g/mol. The normalized spacial score (nSPS) is 12.4. The molecule has 0 spiro atoms. The van der Waals surface area contributed by atoms with Gasteiger partial charge in [-0.1, -0.05) is 17.7 Å². The van der Waals surface area contributed by atoms with Crippen molar-refractivity contribution in [2.24, 2.45) is 0 Å². The van der Waals surface area contributed by atoms with Gasteiger partial charge in [0.15, 0.2) is 11.5 Å². The molecule has 0 radical (unpaired) electrons. The lowest BCUT2D eigenvalue weighted by Crippen LogP contribution is -2.36. The van der Waals surface area contributed by atoms with Crippen LogP contribution in [0.4, 0.5) is 11.4 Å². The fourth-order valence-electron chi connectivity index (χ4n) is 2.87. The third-order valence-electron chi connectivity index (χ3n) is 4.18. The van der Waals surface area contributed by atoms with Crippen molar-refractivity contribution in [3.63, 3.8) is 0 Å². The molecule has 136 valence electrons. The Morgan fingerprint density at radius 1 is 1.04 bits per heavy atom. The molecular formula is C20H22N2O4. The molecule has 26 heavy (non-hydrogen) atoms. The smallest absolute Gasteiger partial charge is 0.244 e. The van der Waals surface area contributed by atoms with Crippen LogP contribution in [0, 0.1) is 13.8 Å². The van der Waals surface area contributed by atoms with Crippen LogP contribution in [-0.4, -0.2) is 31.6 Å². The summed E-state index contributed by atoms with van der Waals surface area (Å²) in [5, 5.41) is 2.87. The van der Waals surface area contributed by atoms with Crippen molar-refractivity contribution < 1.29 is 19.1 Å². The highest BCUT2D eigenvalue weighted by Gasteiger charge is 2.20. The Morgan fingerprint density at radius 2 is 1.77 bits per heavy atom. The molecule has 3 rings (SSSR count). The first kappa shape index (κ1) is 17.8. The third-order valence-corrected chi connectivity index (χ3v) is 4.18. The van der Waals surface area contributed by atoms with Gasteiger partial charge in [-0.25, -0.2) is 0 Å². The molecule has 0 bridgehead atoms. The summed E-state index contributed by atoms with van der Waals surface area (Å²) in [4.78, 5) is 26.0. The van der Waals surface area contributed by atoms with E-state index in [1.54, 1.807) is 18.2 Å². The number of rotatable bonds is 4. The maximum Gasteiger partial charge on any atom is 0.244 e. The van der Waals surface area contributed by atoms with Gasteiger partial charge in [0.2, 0.25) is 11.8 Å². The highest BCUT2D eigenvalue weighted by atomic mass is 16.6. The fourth-order valence-corrected chi connectivity index (χ4v) is 2.87. The van der Waals surface area contributed by atoms with Crippen LogP contribution in [0.15, 0.2) is 36.4 Å². The summed E-state index contributed by atoms with van der Waals surface area (Å²) in [5.41, 5.74) is 3.44. The molecule has 1 heterocycles. The molecule has 0 atom stereocenters. The van der Waals surface area contributed by atoms with E-state index in [9.17, 15) is 9.59 Å². The molecule has 2 amide bonds. The molecule has 6 nitrogen and oxygen atoms in total. The summed E-state index contributed by atoms with van der Waals surface area (Å²) in [7, 11) is 0. The van der Waals surface area contributed by atoms with Gasteiger partial charge in [-0.05, 0) is 37.6 Å². The Hall–Kier alpha value is -3.02. The second-order valence-corrected chi connectivity index (χ2v) is 6.30. The molecule has 1 aliphatic rings. The Morgan fingerprint density at radius 3 is 2.46 bits per heavy atom. The first-order chi connectivity index (χ1) is 12.4. The molecule has 0 aliphatic carbocycles. The standard InChI is InChI=1S/C20H22N2O4/c1-13-4-6-17(14(2)10-13)21-20(24)12-22(15(3)23)16-5-7-18-19(11-16)26-9-8-25-18/h4-7,10-11H,8-9,12H2,1-3H3,(H,21,24). The van der Waals surface area contributed by atoms with Crippen LogP contribution >= 0.6 is 0 Å². The minimum atomic E-state index is -0.262. The zero-order valence-corrected chi connectivity index (χ0v) is 15.2. The number of anilines is 2. The number of fused-ring (bicyclic) bond motifs is 1. The van der Waals surface area contributed by atoms with Crippen molar-refractivity contribution in [1.29, 1.82) is 0 Å². The fraction of sp³-hybridized carbons (Fsp3) is 0.300. The molecule has 2 aromatic carbocycles. The largest absolute Gasteiger partial charge is 0.486 e. The quantitative estimate of drug-likeness (QED) is 0.916. The van der Waals surface area contributed by atoms with E-state index in [2.05, 4.69) is 5.32 Å². The number of nitrogens with zero attached hydrogens (tertiary/aromatic N) is 1. The van der Waals surface area contributed by atoms with Gasteiger partial charge in [-0.15, -0.1) is 0 Å². The van der Waals surface area contributed by atoms with Crippen molar-refractivity contribution in [3.8, 4) is 11.5 Å². The highest BCUT2D eigenvalue weighted by Crippen LogP contribution is 2.34. The van der Waals surface area contributed by atoms with E-state index >= 15 is 0 Å². The molecule has 0 unspecified atom stereocenters. The SMILES string of the molecule is CC(=O)N(CC(=O)Nc1ccc(C)cc1C)c1ccc2c(c1)OCCO2. The zero-order chi connectivity index (χ0) is 18.7. The van der Waals surface area contributed by atoms with Gasteiger partial charge in [0.1, 0.15) is 19.8 Å². The minimum absolute atomic E-state index is 0.0811. The van der Waals surface area contributed by atoms with Crippen molar-refractivity contribution in [3.05, 3.63) is 47.5 Å². The number of aryl methyl sites for hydroxylation is 2. The van der Waals surface area contributed by atoms with Crippen molar-refractivity contribution in [2.45, 2.75) is 20.8 Å². The number of carbonyl (C=O) groups is 2. The molecule has 1 aliphatic heterocycles. The summed E-state index contributed by atoms with van der Waals surface area (Å²) >= 11 is 0. The average Bonchev–Trinajstić information content (AvgIpc) is 2.61. The molecule has 0 saturated carbocycles. The third kappa shape index (κ3) is 3.96. The van der Waals surface area contributed by atoms with Gasteiger partial charge >= 0.3 is 0 Å². The van der Waals surface area contributed by atoms with Crippen molar-refractivity contribution in [1.82, 2.24) is 0 Å². The zero-order valence-electron chi connectivity index (χ0n) is 15.2. The summed E-state index contributed by atoms with van der Waals surface area (Å²) in [6.45, 7) is 6.25. The summed E-state index contributed by atoms with van der Waals surface area (Å²) in [6, 6.07) is 11.0. The predicted octanol–water partition coefficient (Wildman–Crippen LogP) is 3.07. The molecule has 2 aromatic rings. The van der Waals surface area contributed by atoms with Crippen LogP contribution in [0.5, 0.6) is 11.5 Å². The van der Waals surface area contributed by atoms with E-state index in [0.717, 1.165) is 16.8 Å². The van der Waals surface area contributed by atoms with E-state index < -0.39 is 0 Å². The van der Waals surface area contributed by atoms with Gasteiger partial charge in [0, 0.05) is 24.4 Å². The number of hydrogen-bond acceptors (Lipinski definition) is 4. The van der Waals surface area contributed by atoms with E-state index in [1.807, 2.05) is 32.0 Å². The maximum atomic E-state index is 12.5. The summed E-state index contributed by atoms with van der Waals surface area (Å²) in [6.07, 6.45) is 0. The van der Waals surface area contributed by atoms with E-state index in [-0.39, 0.29) is 18.4 Å². The van der Waals surface area contributed by atoms with Gasteiger partial charge in [-0.3, -0.25) is 9.59 Å². The lowest BCUT2D eigenvalue weighted by atomic mass is 10.1. The molecule has 0 aromatic heterocycles. The van der Waals surface area contributed by atoms with E-state index in [0.29, 0.717) is 30.4 Å². The molecule has 0 saturated heterocycles. The van der Waals surface area contributed by atoms with E-state index in [1.165, 1.54) is 11.8 Å². The lowest BCUT2D eigenvalue weighted by molar-refractivity contribution is -0.120. The Kier molecular flexibility index (Phi) is 5.11. The number of amides is 2. The maximum absolute atomic E-state index is 12.5. The number of hydrogen-bond donors (Lipinski definition) is 1. The summed E-state index contributed by atoms with van der Waals surface area (Å²) < 4.78 is 11.1. The predicted molar refractivity (Wildman–Crippen MR) is 100 cm³/mol. The van der Waals surface area contributed by atoms with Gasteiger partial charge < -0.3 is 19.7 Å². The minimum Gasteiger partial charge on any atom is -0.486 e. The molecule has 6 heteroatoms. The van der Waals surface area contributed by atoms with Crippen molar-refractivity contribution in [2.75, 3.05) is 30.0 Å². The van der Waals surface area contributed by atoms with Gasteiger partial charge in [-0.2, -0.15) is 0 Å². The first-order valence-corrected chi connectivity index (χ1v) is 8.49. The Balaban J connectivity index is 1.76. The monoisotopic (exact) mass is 354 g/mol. The number of carbonyl (C=O) groups excluding carboxylic acids is 2. The van der Waals surface area contributed by atoms with Gasteiger partial charge in [0.25, 0.3) is 0 Å². The second kappa shape index (κ2) is 7.47. The molecule has 0 fully saturated rings. The van der Waals surface area contributed by atoms with Crippen LogP contribution < -0.4 is 19.7 Å². The topological polar surface area (TPSA) is 67.9 Å². The summed E-state index contributed by atoms with van der Waals surface area (Å²) in [5.74, 6) is 0.734. The lowest BCUT2D eigenvalue weighted by Gasteiger charge is -2.24. The molecule has 1 N–H and O–H groups in total. The van der Waals surface area contributed by atoms with Crippen LogP contribution in [0.25, 0.3) is 0 Å². The second-order valence-electron chi connectivity index (χ2n) is 6.30. The highest BCUT2D eigenvalue weighted by molar-refractivity contribution is 6.02. The van der Waals surface area contributed by atoms with Gasteiger partial charge in [0.05, 0.1) is 0 Å². The van der Waals surface area contributed by atoms with Crippen LogP contribution in [0.2, 0.25) is 0 Å². The number of benzene rings is 2.